The van der Waals surface area contributed by atoms with E-state index >= 15 is 0 Å². The molecule has 0 unspecified atom stereocenters. The maximum Gasteiger partial charge on any atom is 1.00 e. The van der Waals surface area contributed by atoms with Crippen molar-refractivity contribution < 1.29 is 83.4 Å². The molecule has 0 N–H and O–H groups in total. The molecule has 1 rings (SSSR count). The second kappa shape index (κ2) is 40.6. The van der Waals surface area contributed by atoms with Gasteiger partial charge >= 0.3 is 63.3 Å². The summed E-state index contributed by atoms with van der Waals surface area (Å²) in [5.74, 6) is -1.63. The van der Waals surface area contributed by atoms with E-state index in [9.17, 15) is 22.6 Å². The Labute approximate surface area is 392 Å². The summed E-state index contributed by atoms with van der Waals surface area (Å²) in [7, 11) is -4.83. The van der Waals surface area contributed by atoms with E-state index in [0.717, 1.165) is 43.9 Å². The molecule has 322 valence electrons. The zero-order valence-corrected chi connectivity index (χ0v) is 40.8. The van der Waals surface area contributed by atoms with E-state index in [1.165, 1.54) is 167 Å². The maximum atomic E-state index is 12.9. The summed E-state index contributed by atoms with van der Waals surface area (Å²) in [6, 6.07) is 3.07. The number of benzene rings is 1. The summed E-state index contributed by atoms with van der Waals surface area (Å²) in [4.78, 5) is 25.2. The first-order valence-electron chi connectivity index (χ1n) is 23.0. The third kappa shape index (κ3) is 33.6. The molecule has 0 aliphatic carbocycles. The van der Waals surface area contributed by atoms with Crippen LogP contribution in [0.4, 0.5) is 0 Å². The van der Waals surface area contributed by atoms with E-state index in [2.05, 4.69) is 26.0 Å². The predicted molar refractivity (Wildman–Crippen MR) is 232 cm³/mol. The average molecular weight is 841 g/mol. The monoisotopic (exact) mass is 841 g/mol. The molecule has 0 bridgehead atoms. The van der Waals surface area contributed by atoms with Gasteiger partial charge in [0.1, 0.15) is 10.1 Å². The van der Waals surface area contributed by atoms with E-state index in [0.29, 0.717) is 12.8 Å². The number of rotatable bonds is 39. The largest absolute Gasteiger partial charge is 1.00 e. The Balaban J connectivity index is 0.0000314. The summed E-state index contributed by atoms with van der Waals surface area (Å²) in [6.07, 6.45) is 48.5. The predicted octanol–water partition coefficient (Wildman–Crippen LogP) is 11.5. The number of allylic oxidation sites excluding steroid dienone is 2. The van der Waals surface area contributed by atoms with Crippen LogP contribution in [0.1, 0.15) is 240 Å². The van der Waals surface area contributed by atoms with E-state index in [1.54, 1.807) is 0 Å². The summed E-state index contributed by atoms with van der Waals surface area (Å²) in [5, 5.41) is 0. The van der Waals surface area contributed by atoms with Crippen LogP contribution in [-0.2, 0) is 19.6 Å². The number of unbranched alkanes of at least 4 members (excludes halogenated alkanes) is 28. The van der Waals surface area contributed by atoms with Crippen LogP contribution in [-0.4, -0.2) is 38.1 Å². The normalized spacial score (nSPS) is 11.7. The number of carbonyl (C=O) groups excluding carboxylic acids is 2. The Bertz CT molecular complexity index is 1280. The number of ether oxygens (including phenoxy) is 2. The zero-order chi connectivity index (χ0) is 40.8. The van der Waals surface area contributed by atoms with Crippen molar-refractivity contribution in [2.75, 3.05) is 13.2 Å². The van der Waals surface area contributed by atoms with Crippen molar-refractivity contribution in [1.29, 1.82) is 0 Å². The smallest absolute Gasteiger partial charge is 0.744 e. The molecule has 0 aliphatic rings. The van der Waals surface area contributed by atoms with Gasteiger partial charge in [-0.1, -0.05) is 205 Å². The van der Waals surface area contributed by atoms with Gasteiger partial charge in [-0.15, -0.1) is 0 Å². The van der Waals surface area contributed by atoms with Crippen LogP contribution in [0, 0.1) is 0 Å². The van der Waals surface area contributed by atoms with Crippen molar-refractivity contribution in [2.24, 2.45) is 0 Å². The second-order valence-corrected chi connectivity index (χ2v) is 17.1. The Kier molecular flexibility index (Phi) is 40.0. The zero-order valence-electron chi connectivity index (χ0n) is 36.8. The van der Waals surface area contributed by atoms with Crippen LogP contribution in [0.3, 0.4) is 0 Å². The summed E-state index contributed by atoms with van der Waals surface area (Å²) >= 11 is 0. The van der Waals surface area contributed by atoms with Crippen molar-refractivity contribution >= 4 is 22.1 Å². The van der Waals surface area contributed by atoms with Crippen molar-refractivity contribution in [3.63, 3.8) is 0 Å². The van der Waals surface area contributed by atoms with Gasteiger partial charge in [0.25, 0.3) is 0 Å². The Hall–Kier alpha value is -0.814. The molecule has 0 spiro atoms. The summed E-state index contributed by atoms with van der Waals surface area (Å²) in [6.45, 7) is 4.72. The number of carbonyl (C=O) groups is 2. The molecule has 1 aromatic carbocycles. The topological polar surface area (TPSA) is 110 Å². The molecule has 0 fully saturated rings. The van der Waals surface area contributed by atoms with Crippen molar-refractivity contribution in [2.45, 2.75) is 224 Å². The van der Waals surface area contributed by atoms with Gasteiger partial charge in [0.2, 0.25) is 0 Å². The van der Waals surface area contributed by atoms with E-state index in [4.69, 9.17) is 9.47 Å². The van der Waals surface area contributed by atoms with Crippen LogP contribution in [0.25, 0.3) is 0 Å². The molecule has 0 saturated heterocycles. The van der Waals surface area contributed by atoms with Gasteiger partial charge in [0, 0.05) is 0 Å². The molecule has 0 saturated carbocycles. The van der Waals surface area contributed by atoms with Crippen LogP contribution >= 0.6 is 0 Å². The molecule has 0 radical (unpaired) electrons. The van der Waals surface area contributed by atoms with Crippen LogP contribution < -0.4 is 51.4 Å². The molecule has 7 nitrogen and oxygen atoms in total. The fourth-order valence-corrected chi connectivity index (χ4v) is 7.50. The minimum Gasteiger partial charge on any atom is -0.744 e. The van der Waals surface area contributed by atoms with Gasteiger partial charge in [0.05, 0.1) is 29.2 Å². The van der Waals surface area contributed by atoms with Crippen molar-refractivity contribution in [3.05, 3.63) is 53.6 Å². The third-order valence-electron chi connectivity index (χ3n) is 10.5. The van der Waals surface area contributed by atoms with Crippen LogP contribution in [0.2, 0.25) is 0 Å². The van der Waals surface area contributed by atoms with Crippen LogP contribution in [0.5, 0.6) is 0 Å². The second-order valence-electron chi connectivity index (χ2n) is 15.7. The minimum atomic E-state index is -4.83. The quantitative estimate of drug-likeness (QED) is 0.0213. The molecular weight excluding hydrogens is 760 g/mol. The molecule has 9 heteroatoms. The molecule has 0 atom stereocenters. The van der Waals surface area contributed by atoms with Gasteiger partial charge in [0.15, 0.2) is 0 Å². The Morgan fingerprint density at radius 3 is 1.11 bits per heavy atom. The molecule has 1 aromatic rings. The van der Waals surface area contributed by atoms with Gasteiger partial charge in [-0.05, 0) is 56.7 Å². The van der Waals surface area contributed by atoms with Gasteiger partial charge in [-0.3, -0.25) is 0 Å². The first-order valence-corrected chi connectivity index (χ1v) is 24.5. The van der Waals surface area contributed by atoms with Gasteiger partial charge in [-0.25, -0.2) is 18.0 Å². The van der Waals surface area contributed by atoms with Gasteiger partial charge in [-0.2, -0.15) is 0 Å². The first-order chi connectivity index (χ1) is 27.3. The Morgan fingerprint density at radius 2 is 0.772 bits per heavy atom. The average Bonchev–Trinajstić information content (AvgIpc) is 3.18. The van der Waals surface area contributed by atoms with Crippen molar-refractivity contribution in [3.8, 4) is 0 Å². The van der Waals surface area contributed by atoms with Crippen molar-refractivity contribution in [1.82, 2.24) is 0 Å². The number of hydrogen-bond acceptors (Lipinski definition) is 7. The van der Waals surface area contributed by atoms with E-state index < -0.39 is 27.0 Å². The summed E-state index contributed by atoms with van der Waals surface area (Å²) < 4.78 is 45.7. The maximum absolute atomic E-state index is 12.9. The molecule has 57 heavy (non-hydrogen) atoms. The minimum absolute atomic E-state index is 0. The fraction of sp³-hybridized carbons (Fsp3) is 0.750. The number of esters is 2. The van der Waals surface area contributed by atoms with Gasteiger partial charge < -0.3 is 14.0 Å². The molecule has 0 heterocycles. The van der Waals surface area contributed by atoms with E-state index in [1.807, 2.05) is 12.2 Å². The first kappa shape index (κ1) is 56.2. The van der Waals surface area contributed by atoms with Crippen LogP contribution in [0.15, 0.2) is 47.4 Å². The molecular formula is C48H81KO7S. The summed E-state index contributed by atoms with van der Waals surface area (Å²) in [5.41, 5.74) is -0.409. The van der Waals surface area contributed by atoms with E-state index in [-0.39, 0.29) is 75.7 Å². The number of hydrogen-bond donors (Lipinski definition) is 0. The fourth-order valence-electron chi connectivity index (χ4n) is 7.01. The third-order valence-corrected chi connectivity index (χ3v) is 11.4. The SMILES string of the molecule is CCCCCCCCCCCCCCCC/C=C/CCOC(=O)c1ccc(S(=O)(=O)[O-])cc1C(=O)OCC/C=C/CCCCCCCCCCCCCCCC.[K+]. The standard InChI is InChI=1S/C48H82O7S.K/c1-3-5-7-9-11-13-15-17-19-21-23-25-27-29-31-33-35-37-41-54-47(49)45-40-39-44(56(51,52)53)43-46(45)48(50)55-42-38-36-34-32-30-28-26-24-22-20-18-16-14-12-10-8-6-4-2;/h33-36,39-40,43H,3-32,37-38,41-42H2,1-2H3,(H,51,52,53);/q;+1/p-1/b35-33+,36-34+;. The molecule has 0 aromatic heterocycles. The molecule has 0 aliphatic heterocycles. The molecule has 0 amide bonds. The Morgan fingerprint density at radius 1 is 0.474 bits per heavy atom.